The Hall–Kier alpha value is -1.06. The van der Waals surface area contributed by atoms with Gasteiger partial charge in [-0.2, -0.15) is 0 Å². The molecule has 0 aromatic heterocycles. The van der Waals surface area contributed by atoms with Crippen molar-refractivity contribution in [2.45, 2.75) is 12.5 Å². The molecule has 0 unspecified atom stereocenters. The number of nitrogens with one attached hydrogen (secondary N) is 1. The number of rotatable bonds is 2. The summed E-state index contributed by atoms with van der Waals surface area (Å²) in [6.07, 6.45) is 1.10. The van der Waals surface area contributed by atoms with E-state index in [1.54, 1.807) is 0 Å². The number of hydrogen-bond donors (Lipinski definition) is 3. The summed E-state index contributed by atoms with van der Waals surface area (Å²) in [6, 6.07) is 6.20. The van der Waals surface area contributed by atoms with Crippen LogP contribution in [0.3, 0.4) is 0 Å². The second-order valence-electron chi connectivity index (χ2n) is 3.40. The molecule has 1 atom stereocenters. The zero-order valence-corrected chi connectivity index (χ0v) is 7.59. The standard InChI is InChI=1S/C10H15N3/c11-6-9(12)8-3-1-2-7-4-5-13-10(7)8/h1-3,9,13H,4-6,11-12H2/t9-/m0/s1. The van der Waals surface area contributed by atoms with Crippen LogP contribution in [0.1, 0.15) is 17.2 Å². The molecular formula is C10H15N3. The first-order chi connectivity index (χ1) is 6.33. The van der Waals surface area contributed by atoms with Crippen molar-refractivity contribution < 1.29 is 0 Å². The van der Waals surface area contributed by atoms with Crippen molar-refractivity contribution in [2.24, 2.45) is 11.5 Å². The van der Waals surface area contributed by atoms with Crippen LogP contribution < -0.4 is 16.8 Å². The molecule has 1 aromatic carbocycles. The minimum atomic E-state index is -0.0412. The van der Waals surface area contributed by atoms with Crippen LogP contribution in [0.4, 0.5) is 5.69 Å². The van der Waals surface area contributed by atoms with Crippen LogP contribution in [0.15, 0.2) is 18.2 Å². The van der Waals surface area contributed by atoms with Crippen LogP contribution in [-0.2, 0) is 6.42 Å². The Morgan fingerprint density at radius 1 is 1.46 bits per heavy atom. The van der Waals surface area contributed by atoms with E-state index in [1.165, 1.54) is 11.3 Å². The molecule has 0 fully saturated rings. The lowest BCUT2D eigenvalue weighted by molar-refractivity contribution is 0.739. The van der Waals surface area contributed by atoms with Crippen LogP contribution in [-0.4, -0.2) is 13.1 Å². The van der Waals surface area contributed by atoms with E-state index in [9.17, 15) is 0 Å². The summed E-state index contributed by atoms with van der Waals surface area (Å²) in [6.45, 7) is 1.52. The Bertz CT molecular complexity index is 309. The van der Waals surface area contributed by atoms with Gasteiger partial charge in [0, 0.05) is 24.8 Å². The SMILES string of the molecule is NC[C@H](N)c1cccc2c1NCC2. The van der Waals surface area contributed by atoms with E-state index in [1.807, 2.05) is 0 Å². The van der Waals surface area contributed by atoms with Gasteiger partial charge >= 0.3 is 0 Å². The Balaban J connectivity index is 2.41. The van der Waals surface area contributed by atoms with Gasteiger partial charge in [0.25, 0.3) is 0 Å². The molecule has 0 saturated heterocycles. The third-order valence-electron chi connectivity index (χ3n) is 2.53. The molecule has 3 heteroatoms. The molecule has 1 aliphatic heterocycles. The molecule has 0 bridgehead atoms. The van der Waals surface area contributed by atoms with Crippen LogP contribution in [0, 0.1) is 0 Å². The van der Waals surface area contributed by atoms with E-state index in [0.717, 1.165) is 18.5 Å². The maximum absolute atomic E-state index is 5.90. The highest BCUT2D eigenvalue weighted by molar-refractivity contribution is 5.62. The van der Waals surface area contributed by atoms with Crippen molar-refractivity contribution >= 4 is 5.69 Å². The van der Waals surface area contributed by atoms with Crippen molar-refractivity contribution in [2.75, 3.05) is 18.4 Å². The lowest BCUT2D eigenvalue weighted by Crippen LogP contribution is -2.21. The molecule has 0 aliphatic carbocycles. The van der Waals surface area contributed by atoms with E-state index in [-0.39, 0.29) is 6.04 Å². The quantitative estimate of drug-likeness (QED) is 0.620. The van der Waals surface area contributed by atoms with Gasteiger partial charge in [0.2, 0.25) is 0 Å². The minimum absolute atomic E-state index is 0.0412. The first-order valence-electron chi connectivity index (χ1n) is 4.64. The maximum atomic E-state index is 5.90. The third kappa shape index (κ3) is 1.41. The van der Waals surface area contributed by atoms with Gasteiger partial charge in [-0.1, -0.05) is 18.2 Å². The summed E-state index contributed by atoms with van der Waals surface area (Å²) in [5.41, 5.74) is 15.2. The highest BCUT2D eigenvalue weighted by Gasteiger charge is 2.16. The summed E-state index contributed by atoms with van der Waals surface area (Å²) in [5.74, 6) is 0. The van der Waals surface area contributed by atoms with Gasteiger partial charge < -0.3 is 16.8 Å². The number of hydrogen-bond acceptors (Lipinski definition) is 3. The second-order valence-corrected chi connectivity index (χ2v) is 3.40. The van der Waals surface area contributed by atoms with Crippen LogP contribution >= 0.6 is 0 Å². The van der Waals surface area contributed by atoms with Gasteiger partial charge in [0.1, 0.15) is 0 Å². The Morgan fingerprint density at radius 2 is 2.31 bits per heavy atom. The van der Waals surface area contributed by atoms with Crippen LogP contribution in [0.25, 0.3) is 0 Å². The Labute approximate surface area is 78.1 Å². The van der Waals surface area contributed by atoms with Gasteiger partial charge in [-0.05, 0) is 17.5 Å². The van der Waals surface area contributed by atoms with Gasteiger partial charge in [0.15, 0.2) is 0 Å². The average Bonchev–Trinajstić information content (AvgIpc) is 2.63. The predicted octanol–water partition coefficient (Wildman–Crippen LogP) is 0.613. The molecular weight excluding hydrogens is 162 g/mol. The number of para-hydroxylation sites is 1. The fourth-order valence-electron chi connectivity index (χ4n) is 1.80. The number of benzene rings is 1. The van der Waals surface area contributed by atoms with E-state index in [4.69, 9.17) is 11.5 Å². The Kier molecular flexibility index (Phi) is 2.20. The zero-order chi connectivity index (χ0) is 9.26. The fourth-order valence-corrected chi connectivity index (χ4v) is 1.80. The maximum Gasteiger partial charge on any atom is 0.0440 e. The smallest absolute Gasteiger partial charge is 0.0440 e. The fraction of sp³-hybridized carbons (Fsp3) is 0.400. The first kappa shape index (κ1) is 8.53. The molecule has 1 aromatic rings. The zero-order valence-electron chi connectivity index (χ0n) is 7.59. The van der Waals surface area contributed by atoms with Crippen molar-refractivity contribution in [3.63, 3.8) is 0 Å². The molecule has 70 valence electrons. The lowest BCUT2D eigenvalue weighted by Gasteiger charge is -2.13. The van der Waals surface area contributed by atoms with Gasteiger partial charge in [-0.25, -0.2) is 0 Å². The third-order valence-corrected chi connectivity index (χ3v) is 2.53. The molecule has 5 N–H and O–H groups in total. The molecule has 13 heavy (non-hydrogen) atoms. The number of nitrogens with two attached hydrogens (primary N) is 2. The van der Waals surface area contributed by atoms with Crippen molar-refractivity contribution in [3.8, 4) is 0 Å². The topological polar surface area (TPSA) is 64.1 Å². The highest BCUT2D eigenvalue weighted by atomic mass is 14.9. The monoisotopic (exact) mass is 177 g/mol. The Morgan fingerprint density at radius 3 is 3.08 bits per heavy atom. The highest BCUT2D eigenvalue weighted by Crippen LogP contribution is 2.29. The molecule has 0 amide bonds. The molecule has 0 radical (unpaired) electrons. The predicted molar refractivity (Wildman–Crippen MR) is 54.6 cm³/mol. The van der Waals surface area contributed by atoms with Gasteiger partial charge in [-0.3, -0.25) is 0 Å². The largest absolute Gasteiger partial charge is 0.384 e. The van der Waals surface area contributed by atoms with Crippen LogP contribution in [0.5, 0.6) is 0 Å². The van der Waals surface area contributed by atoms with E-state index in [0.29, 0.717) is 6.54 Å². The summed E-state index contributed by atoms with van der Waals surface area (Å²) >= 11 is 0. The average molecular weight is 177 g/mol. The summed E-state index contributed by atoms with van der Waals surface area (Å²) in [5, 5.41) is 3.35. The molecule has 1 aliphatic rings. The first-order valence-corrected chi connectivity index (χ1v) is 4.64. The van der Waals surface area contributed by atoms with Gasteiger partial charge in [-0.15, -0.1) is 0 Å². The summed E-state index contributed by atoms with van der Waals surface area (Å²) in [7, 11) is 0. The van der Waals surface area contributed by atoms with Crippen molar-refractivity contribution in [3.05, 3.63) is 29.3 Å². The number of fused-ring (bicyclic) bond motifs is 1. The van der Waals surface area contributed by atoms with E-state index >= 15 is 0 Å². The van der Waals surface area contributed by atoms with Gasteiger partial charge in [0.05, 0.1) is 0 Å². The second kappa shape index (κ2) is 3.36. The van der Waals surface area contributed by atoms with Crippen molar-refractivity contribution in [1.29, 1.82) is 0 Å². The normalized spacial score (nSPS) is 16.5. The van der Waals surface area contributed by atoms with Crippen LogP contribution in [0.2, 0.25) is 0 Å². The molecule has 3 nitrogen and oxygen atoms in total. The molecule has 0 spiro atoms. The molecule has 0 saturated carbocycles. The molecule has 1 heterocycles. The van der Waals surface area contributed by atoms with Crippen molar-refractivity contribution in [1.82, 2.24) is 0 Å². The number of anilines is 1. The molecule has 2 rings (SSSR count). The lowest BCUT2D eigenvalue weighted by atomic mass is 10.0. The van der Waals surface area contributed by atoms with E-state index < -0.39 is 0 Å². The minimum Gasteiger partial charge on any atom is -0.384 e. The summed E-state index contributed by atoms with van der Waals surface area (Å²) < 4.78 is 0. The summed E-state index contributed by atoms with van der Waals surface area (Å²) in [4.78, 5) is 0. The van der Waals surface area contributed by atoms with E-state index in [2.05, 4.69) is 23.5 Å².